The Kier molecular flexibility index (Phi) is 1.44. The molecule has 0 aromatic carbocycles. The zero-order valence-corrected chi connectivity index (χ0v) is 5.71. The Balaban J connectivity index is 1.96. The number of hydrogen-bond acceptors (Lipinski definition) is 1. The fraction of sp³-hybridized carbons (Fsp3) is 1.00. The molecule has 0 aliphatic carbocycles. The molecule has 2 atom stereocenters. The lowest BCUT2D eigenvalue weighted by atomic mass is 10.0. The Morgan fingerprint density at radius 1 is 1.33 bits per heavy atom. The molecule has 2 bridgehead atoms. The Morgan fingerprint density at radius 2 is 2.33 bits per heavy atom. The first-order valence-electron chi connectivity index (χ1n) is 3.84. The molecular formula is C7H13N2. The fourth-order valence-electron chi connectivity index (χ4n) is 1.76. The van der Waals surface area contributed by atoms with Crippen LogP contribution in [0.15, 0.2) is 0 Å². The van der Waals surface area contributed by atoms with E-state index in [1.165, 1.54) is 32.5 Å². The predicted octanol–water partition coefficient (Wildman–Crippen LogP) is 0.0688. The first kappa shape index (κ1) is 5.69. The summed E-state index contributed by atoms with van der Waals surface area (Å²) in [5, 5.41) is 4.51. The van der Waals surface area contributed by atoms with Gasteiger partial charge in [0.05, 0.1) is 0 Å². The van der Waals surface area contributed by atoms with E-state index in [2.05, 4.69) is 10.2 Å². The van der Waals surface area contributed by atoms with Gasteiger partial charge in [0.15, 0.2) is 0 Å². The number of fused-ring (bicyclic) bond motifs is 2. The average molecular weight is 125 g/mol. The molecule has 2 aliphatic heterocycles. The van der Waals surface area contributed by atoms with Crippen LogP contribution in [0.1, 0.15) is 12.8 Å². The molecular weight excluding hydrogens is 112 g/mol. The largest absolute Gasteiger partial charge is 0.300 e. The summed E-state index contributed by atoms with van der Waals surface area (Å²) in [6.07, 6.45) is 2.71. The second-order valence-electron chi connectivity index (χ2n) is 3.00. The van der Waals surface area contributed by atoms with E-state index in [0.29, 0.717) is 6.04 Å². The summed E-state index contributed by atoms with van der Waals surface area (Å²) in [6.45, 7) is 4.88. The summed E-state index contributed by atoms with van der Waals surface area (Å²) in [6, 6.07) is 0.701. The van der Waals surface area contributed by atoms with Gasteiger partial charge in [-0.25, -0.2) is 5.32 Å². The first-order valence-corrected chi connectivity index (χ1v) is 3.84. The SMILES string of the molecule is C1CC2CN(C1)CC[N]2. The van der Waals surface area contributed by atoms with Crippen LogP contribution in [0, 0.1) is 0 Å². The summed E-state index contributed by atoms with van der Waals surface area (Å²) in [5.74, 6) is 0. The fourth-order valence-corrected chi connectivity index (χ4v) is 1.76. The van der Waals surface area contributed by atoms with Crippen molar-refractivity contribution in [1.29, 1.82) is 0 Å². The van der Waals surface area contributed by atoms with Crippen molar-refractivity contribution >= 4 is 0 Å². The quantitative estimate of drug-likeness (QED) is 0.448. The maximum absolute atomic E-state index is 4.51. The van der Waals surface area contributed by atoms with Crippen LogP contribution in [0.5, 0.6) is 0 Å². The standard InChI is InChI=1S/C7H13N2/c1-2-7-6-9(4-1)5-3-8-7/h7H,1-6H2. The van der Waals surface area contributed by atoms with Crippen LogP contribution in [0.2, 0.25) is 0 Å². The number of nitrogens with zero attached hydrogens (tertiary/aromatic N) is 2. The van der Waals surface area contributed by atoms with Crippen molar-refractivity contribution in [2.45, 2.75) is 18.9 Å². The molecule has 9 heavy (non-hydrogen) atoms. The number of piperidine rings is 1. The van der Waals surface area contributed by atoms with Gasteiger partial charge in [-0.15, -0.1) is 0 Å². The average Bonchev–Trinajstić information content (AvgIpc) is 1.88. The van der Waals surface area contributed by atoms with Crippen molar-refractivity contribution in [3.8, 4) is 0 Å². The molecule has 0 saturated carbocycles. The Hall–Kier alpha value is -0.0800. The van der Waals surface area contributed by atoms with Crippen LogP contribution >= 0.6 is 0 Å². The van der Waals surface area contributed by atoms with E-state index in [0.717, 1.165) is 6.54 Å². The van der Waals surface area contributed by atoms with E-state index in [1.807, 2.05) is 0 Å². The third-order valence-corrected chi connectivity index (χ3v) is 2.28. The summed E-state index contributed by atoms with van der Waals surface area (Å²) >= 11 is 0. The third kappa shape index (κ3) is 1.10. The molecule has 0 amide bonds. The van der Waals surface area contributed by atoms with Crippen LogP contribution in [0.25, 0.3) is 0 Å². The molecule has 0 aromatic rings. The zero-order chi connectivity index (χ0) is 6.10. The van der Waals surface area contributed by atoms with Gasteiger partial charge in [-0.05, 0) is 19.4 Å². The molecule has 1 radical (unpaired) electrons. The van der Waals surface area contributed by atoms with Gasteiger partial charge in [0.1, 0.15) is 0 Å². The van der Waals surface area contributed by atoms with Gasteiger partial charge in [-0.3, -0.25) is 0 Å². The molecule has 0 aromatic heterocycles. The highest BCUT2D eigenvalue weighted by Gasteiger charge is 2.23. The van der Waals surface area contributed by atoms with E-state index in [9.17, 15) is 0 Å². The van der Waals surface area contributed by atoms with Crippen LogP contribution in [0.3, 0.4) is 0 Å². The monoisotopic (exact) mass is 125 g/mol. The van der Waals surface area contributed by atoms with Gasteiger partial charge in [0.2, 0.25) is 0 Å². The lowest BCUT2D eigenvalue weighted by Gasteiger charge is -2.36. The van der Waals surface area contributed by atoms with Gasteiger partial charge >= 0.3 is 0 Å². The minimum atomic E-state index is 0.701. The van der Waals surface area contributed by atoms with Gasteiger partial charge in [0.25, 0.3) is 0 Å². The lowest BCUT2D eigenvalue weighted by molar-refractivity contribution is 0.149. The zero-order valence-electron chi connectivity index (χ0n) is 5.71. The number of hydrogen-bond donors (Lipinski definition) is 0. The lowest BCUT2D eigenvalue weighted by Crippen LogP contribution is -2.50. The van der Waals surface area contributed by atoms with Crippen molar-refractivity contribution in [3.05, 3.63) is 0 Å². The second-order valence-corrected chi connectivity index (χ2v) is 3.00. The van der Waals surface area contributed by atoms with Gasteiger partial charge in [-0.1, -0.05) is 0 Å². The van der Waals surface area contributed by atoms with E-state index >= 15 is 0 Å². The third-order valence-electron chi connectivity index (χ3n) is 2.28. The molecule has 2 nitrogen and oxygen atoms in total. The molecule has 0 spiro atoms. The smallest absolute Gasteiger partial charge is 0.0374 e. The topological polar surface area (TPSA) is 17.3 Å². The molecule has 0 N–H and O–H groups in total. The highest BCUT2D eigenvalue weighted by atomic mass is 15.2. The summed E-state index contributed by atoms with van der Waals surface area (Å²) in [4.78, 5) is 2.53. The molecule has 2 heteroatoms. The van der Waals surface area contributed by atoms with Crippen molar-refractivity contribution in [2.24, 2.45) is 0 Å². The number of rotatable bonds is 0. The molecule has 2 aliphatic rings. The van der Waals surface area contributed by atoms with E-state index in [4.69, 9.17) is 0 Å². The van der Waals surface area contributed by atoms with E-state index in [-0.39, 0.29) is 0 Å². The first-order chi connectivity index (χ1) is 4.45. The highest BCUT2D eigenvalue weighted by molar-refractivity contribution is 4.82. The van der Waals surface area contributed by atoms with Crippen molar-refractivity contribution in [3.63, 3.8) is 0 Å². The Labute approximate surface area is 56.2 Å². The minimum Gasteiger partial charge on any atom is -0.300 e. The van der Waals surface area contributed by atoms with Gasteiger partial charge in [0, 0.05) is 25.7 Å². The van der Waals surface area contributed by atoms with Crippen LogP contribution < -0.4 is 5.32 Å². The highest BCUT2D eigenvalue weighted by Crippen LogP contribution is 2.13. The second kappa shape index (κ2) is 2.27. The summed E-state index contributed by atoms with van der Waals surface area (Å²) in [7, 11) is 0. The van der Waals surface area contributed by atoms with E-state index in [1.54, 1.807) is 0 Å². The van der Waals surface area contributed by atoms with E-state index < -0.39 is 0 Å². The minimum absolute atomic E-state index is 0.701. The molecule has 2 heterocycles. The summed E-state index contributed by atoms with van der Waals surface area (Å²) < 4.78 is 0. The number of piperazine rings is 1. The van der Waals surface area contributed by atoms with Gasteiger partial charge < -0.3 is 4.90 Å². The summed E-state index contributed by atoms with van der Waals surface area (Å²) in [5.41, 5.74) is 0. The van der Waals surface area contributed by atoms with Crippen LogP contribution in [-0.2, 0) is 0 Å². The van der Waals surface area contributed by atoms with Crippen molar-refractivity contribution in [1.82, 2.24) is 10.2 Å². The maximum Gasteiger partial charge on any atom is 0.0374 e. The molecule has 2 fully saturated rings. The Morgan fingerprint density at radius 3 is 3.11 bits per heavy atom. The van der Waals surface area contributed by atoms with Crippen molar-refractivity contribution < 1.29 is 0 Å². The molecule has 51 valence electrons. The Bertz CT molecular complexity index is 83.1. The molecule has 2 unspecified atom stereocenters. The predicted molar refractivity (Wildman–Crippen MR) is 36.5 cm³/mol. The maximum atomic E-state index is 4.51. The van der Waals surface area contributed by atoms with Crippen molar-refractivity contribution in [2.75, 3.05) is 26.2 Å². The van der Waals surface area contributed by atoms with Crippen LogP contribution in [-0.4, -0.2) is 37.1 Å². The molecule has 2 saturated heterocycles. The van der Waals surface area contributed by atoms with Gasteiger partial charge in [-0.2, -0.15) is 0 Å². The van der Waals surface area contributed by atoms with Crippen LogP contribution in [0.4, 0.5) is 0 Å². The molecule has 2 rings (SSSR count). The normalized spacial score (nSPS) is 42.7.